The van der Waals surface area contributed by atoms with E-state index in [1.54, 1.807) is 0 Å². The van der Waals surface area contributed by atoms with Gasteiger partial charge in [0.1, 0.15) is 6.61 Å². The Hall–Kier alpha value is -2.66. The van der Waals surface area contributed by atoms with E-state index in [2.05, 4.69) is 93.7 Å². The van der Waals surface area contributed by atoms with Crippen LogP contribution < -0.4 is 0 Å². The van der Waals surface area contributed by atoms with Gasteiger partial charge in [-0.05, 0) is 89.9 Å². The van der Waals surface area contributed by atoms with Gasteiger partial charge >= 0.3 is 11.9 Å². The fourth-order valence-electron chi connectivity index (χ4n) is 8.71. The van der Waals surface area contributed by atoms with Gasteiger partial charge in [0.05, 0.1) is 6.61 Å². The molecule has 0 aromatic rings. The molecule has 0 amide bonds. The smallest absolute Gasteiger partial charge is 0.306 e. The van der Waals surface area contributed by atoms with Crippen LogP contribution in [0.1, 0.15) is 303 Å². The highest BCUT2D eigenvalue weighted by molar-refractivity contribution is 5.70. The average Bonchev–Trinajstić information content (AvgIpc) is 3.36. The molecule has 0 fully saturated rings. The second-order valence-corrected chi connectivity index (χ2v) is 20.2. The molecule has 406 valence electrons. The van der Waals surface area contributed by atoms with Crippen molar-refractivity contribution in [1.29, 1.82) is 0 Å². The third-order valence-corrected chi connectivity index (χ3v) is 13.2. The number of allylic oxidation sites excluding steroid dienone is 12. The molecule has 5 nitrogen and oxygen atoms in total. The first-order chi connectivity index (χ1) is 34.6. The molecule has 70 heavy (non-hydrogen) atoms. The summed E-state index contributed by atoms with van der Waals surface area (Å²) in [5.41, 5.74) is 0. The van der Waals surface area contributed by atoms with Gasteiger partial charge in [-0.3, -0.25) is 9.59 Å². The third kappa shape index (κ3) is 57.9. The largest absolute Gasteiger partial charge is 0.462 e. The molecule has 0 N–H and O–H groups in total. The molecule has 1 atom stereocenters. The van der Waals surface area contributed by atoms with Crippen molar-refractivity contribution >= 4 is 11.9 Å². The van der Waals surface area contributed by atoms with Crippen LogP contribution in [0.15, 0.2) is 72.9 Å². The Bertz CT molecular complexity index is 1240. The van der Waals surface area contributed by atoms with E-state index in [0.717, 1.165) is 77.0 Å². The number of ether oxygens (including phenoxy) is 3. The highest BCUT2D eigenvalue weighted by Crippen LogP contribution is 2.16. The molecule has 0 saturated carbocycles. The maximum atomic E-state index is 12.9. The van der Waals surface area contributed by atoms with E-state index < -0.39 is 6.10 Å². The van der Waals surface area contributed by atoms with Gasteiger partial charge in [-0.15, -0.1) is 0 Å². The second kappa shape index (κ2) is 60.6. The zero-order valence-corrected chi connectivity index (χ0v) is 46.8. The summed E-state index contributed by atoms with van der Waals surface area (Å²) in [7, 11) is 0. The topological polar surface area (TPSA) is 61.8 Å². The minimum absolute atomic E-state index is 0.0763. The van der Waals surface area contributed by atoms with Crippen molar-refractivity contribution in [1.82, 2.24) is 0 Å². The number of carbonyl (C=O) groups is 2. The molecule has 0 aliphatic rings. The number of rotatable bonds is 56. The fourth-order valence-corrected chi connectivity index (χ4v) is 8.71. The van der Waals surface area contributed by atoms with Crippen LogP contribution in [0.3, 0.4) is 0 Å². The summed E-state index contributed by atoms with van der Waals surface area (Å²) in [5, 5.41) is 0. The van der Waals surface area contributed by atoms with E-state index in [9.17, 15) is 9.59 Å². The maximum Gasteiger partial charge on any atom is 0.306 e. The Morgan fingerprint density at radius 2 is 0.643 bits per heavy atom. The molecule has 0 bridgehead atoms. The average molecular weight is 978 g/mol. The molecule has 1 unspecified atom stereocenters. The monoisotopic (exact) mass is 977 g/mol. The van der Waals surface area contributed by atoms with Crippen LogP contribution in [0.5, 0.6) is 0 Å². The van der Waals surface area contributed by atoms with Gasteiger partial charge in [-0.1, -0.05) is 273 Å². The van der Waals surface area contributed by atoms with Gasteiger partial charge in [0.15, 0.2) is 6.10 Å². The molecule has 0 spiro atoms. The number of unbranched alkanes of at least 4 members (excludes halogenated alkanes) is 33. The minimum Gasteiger partial charge on any atom is -0.462 e. The molecule has 0 aliphatic carbocycles. The Balaban J connectivity index is 4.30. The zero-order chi connectivity index (χ0) is 50.6. The van der Waals surface area contributed by atoms with Crippen molar-refractivity contribution in [2.24, 2.45) is 0 Å². The van der Waals surface area contributed by atoms with Crippen molar-refractivity contribution in [2.75, 3.05) is 19.8 Å². The van der Waals surface area contributed by atoms with Gasteiger partial charge < -0.3 is 14.2 Å². The molecule has 0 radical (unpaired) electrons. The van der Waals surface area contributed by atoms with Crippen LogP contribution in [-0.4, -0.2) is 37.9 Å². The number of hydrogen-bond donors (Lipinski definition) is 0. The standard InChI is InChI=1S/C65H116O5/c1-4-7-10-13-16-19-22-25-28-31-33-35-37-40-43-46-49-52-55-58-64(66)69-62-63(61-68-60-57-54-51-48-45-42-39-36-32-29-26-23-20-17-14-11-8-5-2)70-65(67)59-56-53-50-47-44-41-38-34-30-27-24-21-18-15-12-9-6-3/h8,11,16-17,19-20,25-26,28-29,36,39,63H,4-7,9-10,12-15,18,21-24,27,30-35,37-38,40-62H2,1-3H3/b11-8-,19-16-,20-17-,28-25-,29-26-,39-36-. The summed E-state index contributed by atoms with van der Waals surface area (Å²) in [6.45, 7) is 7.69. The van der Waals surface area contributed by atoms with Crippen LogP contribution in [0, 0.1) is 0 Å². The van der Waals surface area contributed by atoms with Gasteiger partial charge in [-0.25, -0.2) is 0 Å². The lowest BCUT2D eigenvalue weighted by Gasteiger charge is -2.18. The van der Waals surface area contributed by atoms with Crippen LogP contribution in [-0.2, 0) is 23.8 Å². The first-order valence-electron chi connectivity index (χ1n) is 30.5. The first kappa shape index (κ1) is 67.3. The van der Waals surface area contributed by atoms with Crippen LogP contribution in [0.4, 0.5) is 0 Å². The Morgan fingerprint density at radius 1 is 0.329 bits per heavy atom. The van der Waals surface area contributed by atoms with Crippen molar-refractivity contribution in [3.8, 4) is 0 Å². The Morgan fingerprint density at radius 3 is 1.06 bits per heavy atom. The van der Waals surface area contributed by atoms with E-state index in [-0.39, 0.29) is 25.2 Å². The van der Waals surface area contributed by atoms with Crippen LogP contribution in [0.2, 0.25) is 0 Å². The highest BCUT2D eigenvalue weighted by Gasteiger charge is 2.17. The minimum atomic E-state index is -0.549. The van der Waals surface area contributed by atoms with Crippen LogP contribution >= 0.6 is 0 Å². The van der Waals surface area contributed by atoms with Gasteiger partial charge in [0.25, 0.3) is 0 Å². The third-order valence-electron chi connectivity index (χ3n) is 13.2. The number of carbonyl (C=O) groups excluding carboxylic acids is 2. The summed E-state index contributed by atoms with van der Waals surface area (Å²) in [4.78, 5) is 25.6. The molecule has 0 aliphatic heterocycles. The lowest BCUT2D eigenvalue weighted by molar-refractivity contribution is -0.163. The SMILES string of the molecule is CC/C=C\C/C=C\C/C=C\C/C=C\CCCCCCCOCC(COC(=O)CCCCCCCCCCC/C=C\C/C=C\CCCCC)OC(=O)CCCCCCCCCCCCCCCCCCC. The van der Waals surface area contributed by atoms with Crippen molar-refractivity contribution in [3.05, 3.63) is 72.9 Å². The van der Waals surface area contributed by atoms with E-state index in [0.29, 0.717) is 19.4 Å². The normalized spacial score (nSPS) is 12.7. The summed E-state index contributed by atoms with van der Waals surface area (Å²) in [6, 6.07) is 0. The number of esters is 2. The van der Waals surface area contributed by atoms with Crippen molar-refractivity contribution < 1.29 is 23.8 Å². The zero-order valence-electron chi connectivity index (χ0n) is 46.8. The lowest BCUT2D eigenvalue weighted by atomic mass is 10.0. The second-order valence-electron chi connectivity index (χ2n) is 20.2. The Labute approximate surface area is 436 Å². The van der Waals surface area contributed by atoms with Gasteiger partial charge in [-0.2, -0.15) is 0 Å². The van der Waals surface area contributed by atoms with Gasteiger partial charge in [0.2, 0.25) is 0 Å². The quantitative estimate of drug-likeness (QED) is 0.0345. The highest BCUT2D eigenvalue weighted by atomic mass is 16.6. The lowest BCUT2D eigenvalue weighted by Crippen LogP contribution is -2.30. The maximum absolute atomic E-state index is 12.9. The summed E-state index contributed by atoms with van der Waals surface area (Å²) in [6.07, 6.45) is 79.3. The van der Waals surface area contributed by atoms with E-state index in [1.807, 2.05) is 0 Å². The Kier molecular flexibility index (Phi) is 58.3. The summed E-state index contributed by atoms with van der Waals surface area (Å²) in [5.74, 6) is -0.399. The summed E-state index contributed by atoms with van der Waals surface area (Å²) >= 11 is 0. The molecular formula is C65H116O5. The molecular weight excluding hydrogens is 861 g/mol. The predicted molar refractivity (Wildman–Crippen MR) is 307 cm³/mol. The molecule has 0 aromatic heterocycles. The first-order valence-corrected chi connectivity index (χ1v) is 30.5. The van der Waals surface area contributed by atoms with E-state index >= 15 is 0 Å². The van der Waals surface area contributed by atoms with Crippen molar-refractivity contribution in [2.45, 2.75) is 309 Å². The summed E-state index contributed by atoms with van der Waals surface area (Å²) < 4.78 is 17.5. The molecule has 5 heteroatoms. The van der Waals surface area contributed by atoms with Crippen LogP contribution in [0.25, 0.3) is 0 Å². The molecule has 0 saturated heterocycles. The predicted octanol–water partition coefficient (Wildman–Crippen LogP) is 21.0. The number of hydrogen-bond acceptors (Lipinski definition) is 5. The van der Waals surface area contributed by atoms with E-state index in [1.165, 1.54) is 193 Å². The molecule has 0 rings (SSSR count). The van der Waals surface area contributed by atoms with Gasteiger partial charge in [0, 0.05) is 19.4 Å². The molecule has 0 heterocycles. The molecule has 0 aromatic carbocycles. The van der Waals surface area contributed by atoms with E-state index in [4.69, 9.17) is 14.2 Å². The fraction of sp³-hybridized carbons (Fsp3) is 0.785. The van der Waals surface area contributed by atoms with Crippen molar-refractivity contribution in [3.63, 3.8) is 0 Å².